The van der Waals surface area contributed by atoms with Crippen molar-refractivity contribution in [2.45, 2.75) is 33.6 Å². The van der Waals surface area contributed by atoms with Gasteiger partial charge in [0.25, 0.3) is 0 Å². The summed E-state index contributed by atoms with van der Waals surface area (Å²) < 4.78 is 10.6. The summed E-state index contributed by atoms with van der Waals surface area (Å²) in [6.45, 7) is 5.71. The maximum Gasteiger partial charge on any atom is 0.374 e. The number of benzene rings is 1. The van der Waals surface area contributed by atoms with E-state index in [0.717, 1.165) is 28.6 Å². The van der Waals surface area contributed by atoms with Crippen LogP contribution in [0.4, 0.5) is 4.79 Å². The van der Waals surface area contributed by atoms with Crippen molar-refractivity contribution in [1.29, 1.82) is 0 Å². The Kier molecular flexibility index (Phi) is 5.57. The Balaban J connectivity index is 2.16. The maximum absolute atomic E-state index is 11.9. The zero-order valence-corrected chi connectivity index (χ0v) is 14.0. The number of urea groups is 1. The quantitative estimate of drug-likeness (QED) is 0.482. The normalized spacial score (nSPS) is 11.5. The van der Waals surface area contributed by atoms with Crippen molar-refractivity contribution >= 4 is 28.7 Å². The second-order valence-corrected chi connectivity index (χ2v) is 5.43. The van der Waals surface area contributed by atoms with Crippen LogP contribution in [0.2, 0.25) is 0 Å². The number of nitrogens with zero attached hydrogens (tertiary/aromatic N) is 1. The number of carbonyl (C=O) groups excluding carboxylic acids is 2. The van der Waals surface area contributed by atoms with Gasteiger partial charge in [0, 0.05) is 16.7 Å². The number of carbonyl (C=O) groups is 2. The van der Waals surface area contributed by atoms with Gasteiger partial charge in [0.2, 0.25) is 5.76 Å². The molecule has 2 amide bonds. The van der Waals surface area contributed by atoms with E-state index in [9.17, 15) is 9.59 Å². The molecule has 0 unspecified atom stereocenters. The van der Waals surface area contributed by atoms with Gasteiger partial charge in [-0.1, -0.05) is 6.07 Å². The van der Waals surface area contributed by atoms with Crippen LogP contribution in [0.3, 0.4) is 0 Å². The molecule has 2 aromatic rings. The summed E-state index contributed by atoms with van der Waals surface area (Å²) in [7, 11) is 0. The van der Waals surface area contributed by atoms with Gasteiger partial charge in [0.15, 0.2) is 0 Å². The van der Waals surface area contributed by atoms with Gasteiger partial charge in [-0.05, 0) is 51.3 Å². The predicted octanol–water partition coefficient (Wildman–Crippen LogP) is 2.89. The van der Waals surface area contributed by atoms with Crippen molar-refractivity contribution in [2.75, 3.05) is 6.61 Å². The number of nitrogens with one attached hydrogen (secondary N) is 1. The highest BCUT2D eigenvalue weighted by atomic mass is 16.5. The SMILES string of the molecule is CCOC(=O)c1oc2ccc(CC/C(C)=N/NC(N)=O)cc2c1C. The fourth-order valence-corrected chi connectivity index (χ4v) is 2.35. The van der Waals surface area contributed by atoms with Gasteiger partial charge in [0.1, 0.15) is 5.58 Å². The molecule has 2 rings (SSSR count). The molecule has 0 spiro atoms. The Labute approximate surface area is 139 Å². The summed E-state index contributed by atoms with van der Waals surface area (Å²) in [5.74, 6) is -0.208. The number of esters is 1. The van der Waals surface area contributed by atoms with Crippen molar-refractivity contribution in [1.82, 2.24) is 5.43 Å². The number of hydrogen-bond acceptors (Lipinski definition) is 5. The van der Waals surface area contributed by atoms with Gasteiger partial charge in [0.05, 0.1) is 6.61 Å². The molecule has 0 aliphatic heterocycles. The second kappa shape index (κ2) is 7.63. The van der Waals surface area contributed by atoms with Crippen LogP contribution in [0, 0.1) is 6.92 Å². The second-order valence-electron chi connectivity index (χ2n) is 5.43. The zero-order chi connectivity index (χ0) is 17.7. The fraction of sp³-hybridized carbons (Fsp3) is 0.353. The molecule has 1 heterocycles. The number of aryl methyl sites for hydroxylation is 2. The summed E-state index contributed by atoms with van der Waals surface area (Å²) >= 11 is 0. The first-order chi connectivity index (χ1) is 11.4. The molecule has 7 nitrogen and oxygen atoms in total. The molecule has 0 saturated heterocycles. The number of primary amides is 1. The van der Waals surface area contributed by atoms with Gasteiger partial charge in [-0.15, -0.1) is 0 Å². The Morgan fingerprint density at radius 1 is 1.38 bits per heavy atom. The Morgan fingerprint density at radius 3 is 2.79 bits per heavy atom. The number of amides is 2. The third-order valence-electron chi connectivity index (χ3n) is 3.59. The molecule has 0 radical (unpaired) electrons. The lowest BCUT2D eigenvalue weighted by molar-refractivity contribution is 0.0491. The lowest BCUT2D eigenvalue weighted by Gasteiger charge is -2.02. The molecular weight excluding hydrogens is 310 g/mol. The van der Waals surface area contributed by atoms with Crippen molar-refractivity contribution in [2.24, 2.45) is 10.8 Å². The van der Waals surface area contributed by atoms with Crippen molar-refractivity contribution in [3.8, 4) is 0 Å². The Hall–Kier alpha value is -2.83. The Morgan fingerprint density at radius 2 is 2.12 bits per heavy atom. The highest BCUT2D eigenvalue weighted by Crippen LogP contribution is 2.27. The van der Waals surface area contributed by atoms with Gasteiger partial charge < -0.3 is 14.9 Å². The van der Waals surface area contributed by atoms with Crippen LogP contribution >= 0.6 is 0 Å². The third-order valence-corrected chi connectivity index (χ3v) is 3.59. The molecule has 0 atom stereocenters. The average molecular weight is 331 g/mol. The largest absolute Gasteiger partial charge is 0.460 e. The molecule has 24 heavy (non-hydrogen) atoms. The first-order valence-electron chi connectivity index (χ1n) is 7.70. The molecule has 0 saturated carbocycles. The van der Waals surface area contributed by atoms with Crippen LogP contribution in [-0.4, -0.2) is 24.3 Å². The minimum absolute atomic E-state index is 0.243. The molecule has 1 aromatic heterocycles. The van der Waals surface area contributed by atoms with E-state index in [0.29, 0.717) is 18.6 Å². The number of hydrazone groups is 1. The standard InChI is InChI=1S/C17H21N3O4/c1-4-23-16(21)15-11(3)13-9-12(7-8-14(13)24-15)6-5-10(2)19-20-17(18)22/h7-9H,4-6H2,1-3H3,(H3,18,20,22)/b19-10+. The highest BCUT2D eigenvalue weighted by molar-refractivity contribution is 5.96. The van der Waals surface area contributed by atoms with Crippen molar-refractivity contribution < 1.29 is 18.7 Å². The van der Waals surface area contributed by atoms with Gasteiger partial charge >= 0.3 is 12.0 Å². The van der Waals surface area contributed by atoms with E-state index < -0.39 is 12.0 Å². The van der Waals surface area contributed by atoms with Gasteiger partial charge in [-0.3, -0.25) is 0 Å². The number of rotatable bonds is 6. The minimum atomic E-state index is -0.684. The van der Waals surface area contributed by atoms with E-state index in [1.54, 1.807) is 6.92 Å². The number of nitrogens with two attached hydrogens (primary N) is 1. The summed E-state index contributed by atoms with van der Waals surface area (Å²) in [5, 5.41) is 4.77. The van der Waals surface area contributed by atoms with E-state index in [-0.39, 0.29) is 5.76 Å². The lowest BCUT2D eigenvalue weighted by Crippen LogP contribution is -2.25. The van der Waals surface area contributed by atoms with Crippen LogP contribution in [0.1, 0.15) is 41.9 Å². The summed E-state index contributed by atoms with van der Waals surface area (Å²) in [5.41, 5.74) is 10.4. The number of furan rings is 1. The third kappa shape index (κ3) is 4.13. The van der Waals surface area contributed by atoms with Crippen LogP contribution < -0.4 is 11.2 Å². The first-order valence-corrected chi connectivity index (χ1v) is 7.70. The van der Waals surface area contributed by atoms with Gasteiger partial charge in [-0.2, -0.15) is 5.10 Å². The van der Waals surface area contributed by atoms with Crippen LogP contribution in [-0.2, 0) is 11.2 Å². The highest BCUT2D eigenvalue weighted by Gasteiger charge is 2.18. The Bertz CT molecular complexity index is 792. The van der Waals surface area contributed by atoms with Crippen LogP contribution in [0.15, 0.2) is 27.7 Å². The van der Waals surface area contributed by atoms with Crippen LogP contribution in [0.25, 0.3) is 11.0 Å². The first kappa shape index (κ1) is 17.5. The number of ether oxygens (including phenoxy) is 1. The van der Waals surface area contributed by atoms with Crippen molar-refractivity contribution in [3.63, 3.8) is 0 Å². The summed E-state index contributed by atoms with van der Waals surface area (Å²) in [6.07, 6.45) is 1.42. The zero-order valence-electron chi connectivity index (χ0n) is 14.0. The van der Waals surface area contributed by atoms with Crippen LogP contribution in [0.5, 0.6) is 0 Å². The molecule has 7 heteroatoms. The predicted molar refractivity (Wildman–Crippen MR) is 91.1 cm³/mol. The van der Waals surface area contributed by atoms with E-state index in [4.69, 9.17) is 14.9 Å². The molecule has 128 valence electrons. The maximum atomic E-state index is 11.9. The van der Waals surface area contributed by atoms with E-state index in [2.05, 4.69) is 10.5 Å². The smallest absolute Gasteiger partial charge is 0.374 e. The van der Waals surface area contributed by atoms with E-state index in [1.165, 1.54) is 0 Å². The molecule has 0 fully saturated rings. The molecule has 1 aromatic carbocycles. The number of fused-ring (bicyclic) bond motifs is 1. The van der Waals surface area contributed by atoms with E-state index >= 15 is 0 Å². The van der Waals surface area contributed by atoms with Crippen molar-refractivity contribution in [3.05, 3.63) is 35.1 Å². The fourth-order valence-electron chi connectivity index (χ4n) is 2.35. The topological polar surface area (TPSA) is 107 Å². The van der Waals surface area contributed by atoms with E-state index in [1.807, 2.05) is 32.0 Å². The molecule has 0 aliphatic carbocycles. The molecular formula is C17H21N3O4. The van der Waals surface area contributed by atoms with Gasteiger partial charge in [-0.25, -0.2) is 15.0 Å². The number of hydrogen-bond donors (Lipinski definition) is 2. The molecule has 0 bridgehead atoms. The summed E-state index contributed by atoms with van der Waals surface area (Å²) in [4.78, 5) is 22.5. The molecule has 3 N–H and O–H groups in total. The lowest BCUT2D eigenvalue weighted by atomic mass is 10.0. The minimum Gasteiger partial charge on any atom is -0.460 e. The average Bonchev–Trinajstić information content (AvgIpc) is 2.88. The summed E-state index contributed by atoms with van der Waals surface area (Å²) in [6, 6.07) is 5.09. The molecule has 0 aliphatic rings. The monoisotopic (exact) mass is 331 g/mol.